The smallest absolute Gasteiger partial charge is 0.313 e. The molecule has 0 aliphatic heterocycles. The maximum absolute atomic E-state index is 13.5. The molecule has 98 valence electrons. The number of carbonyl (C=O) groups is 1. The minimum Gasteiger partial charge on any atom is -0.490 e. The molecule has 0 bridgehead atoms. The van der Waals surface area contributed by atoms with Crippen molar-refractivity contribution in [2.24, 2.45) is 0 Å². The number of nitrogens with zero attached hydrogens (tertiary/aromatic N) is 1. The second kappa shape index (κ2) is 5.80. The molecule has 0 aliphatic rings. The highest BCUT2D eigenvalue weighted by Crippen LogP contribution is 2.32. The fraction of sp³-hybridized carbons (Fsp3) is 0.300. The number of nitrogens with one attached hydrogen (secondary N) is 2. The fourth-order valence-corrected chi connectivity index (χ4v) is 1.25. The molecule has 2 N–H and O–H groups in total. The van der Waals surface area contributed by atoms with Crippen molar-refractivity contribution in [3.8, 4) is 5.75 Å². The SMILES string of the molecule is CNC(=O)CNc1cc(OC)c([N+](=O)[O-])cc1F. The van der Waals surface area contributed by atoms with Crippen LogP contribution < -0.4 is 15.4 Å². The topological polar surface area (TPSA) is 93.5 Å². The molecule has 0 radical (unpaired) electrons. The summed E-state index contributed by atoms with van der Waals surface area (Å²) in [6.45, 7) is -0.144. The second-order valence-corrected chi connectivity index (χ2v) is 3.29. The molecule has 1 aromatic carbocycles. The lowest BCUT2D eigenvalue weighted by Gasteiger charge is -2.09. The number of nitro benzene ring substituents is 1. The first-order valence-electron chi connectivity index (χ1n) is 4.96. The van der Waals surface area contributed by atoms with Crippen LogP contribution in [0, 0.1) is 15.9 Å². The van der Waals surface area contributed by atoms with E-state index in [1.807, 2.05) is 0 Å². The first kappa shape index (κ1) is 13.7. The van der Waals surface area contributed by atoms with Gasteiger partial charge in [-0.25, -0.2) is 4.39 Å². The van der Waals surface area contributed by atoms with Gasteiger partial charge in [0.2, 0.25) is 5.91 Å². The zero-order valence-corrected chi connectivity index (χ0v) is 9.82. The molecule has 0 unspecified atom stereocenters. The van der Waals surface area contributed by atoms with Gasteiger partial charge in [0.25, 0.3) is 0 Å². The standard InChI is InChI=1S/C10H12FN3O4/c1-12-10(15)5-13-7-4-9(18-2)8(14(16)17)3-6(7)11/h3-4,13H,5H2,1-2H3,(H,12,15). The van der Waals surface area contributed by atoms with Gasteiger partial charge in [-0.3, -0.25) is 14.9 Å². The highest BCUT2D eigenvalue weighted by Gasteiger charge is 2.19. The molecule has 0 atom stereocenters. The Morgan fingerprint density at radius 2 is 2.22 bits per heavy atom. The molecule has 8 heteroatoms. The van der Waals surface area contributed by atoms with Crippen LogP contribution in [0.5, 0.6) is 5.75 Å². The third kappa shape index (κ3) is 3.06. The summed E-state index contributed by atoms with van der Waals surface area (Å²) in [6, 6.07) is 1.88. The summed E-state index contributed by atoms with van der Waals surface area (Å²) in [4.78, 5) is 20.9. The summed E-state index contributed by atoms with van der Waals surface area (Å²) >= 11 is 0. The first-order chi connectivity index (χ1) is 8.49. The lowest BCUT2D eigenvalue weighted by Crippen LogP contribution is -2.26. The molecule has 1 rings (SSSR count). The summed E-state index contributed by atoms with van der Waals surface area (Å²) in [5.74, 6) is -1.25. The van der Waals surface area contributed by atoms with Crippen LogP contribution in [0.15, 0.2) is 12.1 Å². The molecule has 0 aromatic heterocycles. The number of nitro groups is 1. The Kier molecular flexibility index (Phi) is 4.41. The molecule has 1 aromatic rings. The number of hydrogen-bond donors (Lipinski definition) is 2. The van der Waals surface area contributed by atoms with Crippen LogP contribution in [-0.2, 0) is 4.79 Å². The van der Waals surface area contributed by atoms with Gasteiger partial charge in [-0.05, 0) is 0 Å². The van der Waals surface area contributed by atoms with Crippen molar-refractivity contribution in [2.75, 3.05) is 26.0 Å². The summed E-state index contributed by atoms with van der Waals surface area (Å²) in [6.07, 6.45) is 0. The molecular weight excluding hydrogens is 245 g/mol. The molecule has 0 aliphatic carbocycles. The lowest BCUT2D eigenvalue weighted by molar-refractivity contribution is -0.385. The van der Waals surface area contributed by atoms with E-state index in [9.17, 15) is 19.3 Å². The van der Waals surface area contributed by atoms with Crippen LogP contribution in [-0.4, -0.2) is 31.5 Å². The average molecular weight is 257 g/mol. The van der Waals surface area contributed by atoms with Crippen molar-refractivity contribution >= 4 is 17.3 Å². The third-order valence-corrected chi connectivity index (χ3v) is 2.18. The van der Waals surface area contributed by atoms with Gasteiger partial charge in [0.1, 0.15) is 0 Å². The van der Waals surface area contributed by atoms with E-state index in [-0.39, 0.29) is 23.9 Å². The van der Waals surface area contributed by atoms with Crippen LogP contribution in [0.1, 0.15) is 0 Å². The van der Waals surface area contributed by atoms with Gasteiger partial charge in [0.05, 0.1) is 30.3 Å². The van der Waals surface area contributed by atoms with E-state index in [2.05, 4.69) is 10.6 Å². The van der Waals surface area contributed by atoms with Crippen LogP contribution in [0.2, 0.25) is 0 Å². The number of benzene rings is 1. The Hall–Kier alpha value is -2.38. The predicted octanol–water partition coefficient (Wildman–Crippen LogP) is 0.900. The van der Waals surface area contributed by atoms with Crippen molar-refractivity contribution in [3.05, 3.63) is 28.1 Å². The van der Waals surface area contributed by atoms with Gasteiger partial charge in [-0.2, -0.15) is 0 Å². The second-order valence-electron chi connectivity index (χ2n) is 3.29. The maximum Gasteiger partial charge on any atom is 0.313 e. The molecule has 0 heterocycles. The molecular formula is C10H12FN3O4. The summed E-state index contributed by atoms with van der Waals surface area (Å²) in [7, 11) is 2.68. The van der Waals surface area contributed by atoms with E-state index in [0.29, 0.717) is 0 Å². The van der Waals surface area contributed by atoms with Crippen LogP contribution in [0.3, 0.4) is 0 Å². The van der Waals surface area contributed by atoms with Crippen molar-refractivity contribution in [1.29, 1.82) is 0 Å². The van der Waals surface area contributed by atoms with Gasteiger partial charge >= 0.3 is 5.69 Å². The predicted molar refractivity (Wildman–Crippen MR) is 62.2 cm³/mol. The fourth-order valence-electron chi connectivity index (χ4n) is 1.25. The van der Waals surface area contributed by atoms with E-state index < -0.39 is 16.4 Å². The Balaban J connectivity index is 3.00. The van der Waals surface area contributed by atoms with Gasteiger partial charge in [-0.1, -0.05) is 0 Å². The average Bonchev–Trinajstić information content (AvgIpc) is 2.36. The third-order valence-electron chi connectivity index (χ3n) is 2.18. The maximum atomic E-state index is 13.5. The number of halogens is 1. The minimum atomic E-state index is -0.827. The van der Waals surface area contributed by atoms with Gasteiger partial charge < -0.3 is 15.4 Å². The molecule has 0 spiro atoms. The van der Waals surface area contributed by atoms with Gasteiger partial charge in [0, 0.05) is 13.1 Å². The van der Waals surface area contributed by atoms with E-state index in [0.717, 1.165) is 12.1 Å². The van der Waals surface area contributed by atoms with Crippen molar-refractivity contribution in [1.82, 2.24) is 5.32 Å². The normalized spacial score (nSPS) is 9.72. The van der Waals surface area contributed by atoms with Crippen LogP contribution in [0.25, 0.3) is 0 Å². The number of hydrogen-bond acceptors (Lipinski definition) is 5. The van der Waals surface area contributed by atoms with E-state index in [1.165, 1.54) is 14.2 Å². The summed E-state index contributed by atoms with van der Waals surface area (Å²) in [5, 5.41) is 15.5. The van der Waals surface area contributed by atoms with Crippen LogP contribution in [0.4, 0.5) is 15.8 Å². The number of carbonyl (C=O) groups excluding carboxylic acids is 1. The van der Waals surface area contributed by atoms with Gasteiger partial charge in [0.15, 0.2) is 11.6 Å². The van der Waals surface area contributed by atoms with E-state index in [4.69, 9.17) is 4.74 Å². The van der Waals surface area contributed by atoms with Crippen LogP contribution >= 0.6 is 0 Å². The number of methoxy groups -OCH3 is 1. The zero-order chi connectivity index (χ0) is 13.7. The molecule has 1 amide bonds. The minimum absolute atomic E-state index is 0.0407. The monoisotopic (exact) mass is 257 g/mol. The first-order valence-corrected chi connectivity index (χ1v) is 4.96. The number of anilines is 1. The molecule has 18 heavy (non-hydrogen) atoms. The number of rotatable bonds is 5. The molecule has 0 saturated heterocycles. The van der Waals surface area contributed by atoms with Gasteiger partial charge in [-0.15, -0.1) is 0 Å². The van der Waals surface area contributed by atoms with Crippen molar-refractivity contribution in [3.63, 3.8) is 0 Å². The Morgan fingerprint density at radius 1 is 1.56 bits per heavy atom. The highest BCUT2D eigenvalue weighted by atomic mass is 19.1. The Morgan fingerprint density at radius 3 is 2.72 bits per heavy atom. The quantitative estimate of drug-likeness (QED) is 0.603. The number of amides is 1. The molecule has 0 fully saturated rings. The number of ether oxygens (including phenoxy) is 1. The zero-order valence-electron chi connectivity index (χ0n) is 9.82. The Labute approximate surface area is 102 Å². The number of likely N-dealkylation sites (N-methyl/N-ethyl adjacent to an activating group) is 1. The van der Waals surface area contributed by atoms with E-state index in [1.54, 1.807) is 0 Å². The van der Waals surface area contributed by atoms with Crippen molar-refractivity contribution < 1.29 is 18.8 Å². The largest absolute Gasteiger partial charge is 0.490 e. The summed E-state index contributed by atoms with van der Waals surface area (Å²) in [5.41, 5.74) is -0.512. The van der Waals surface area contributed by atoms with Crippen molar-refractivity contribution in [2.45, 2.75) is 0 Å². The Bertz CT molecular complexity index is 478. The molecule has 7 nitrogen and oxygen atoms in total. The summed E-state index contributed by atoms with van der Waals surface area (Å²) < 4.78 is 18.3. The molecule has 0 saturated carbocycles. The van der Waals surface area contributed by atoms with E-state index >= 15 is 0 Å². The highest BCUT2D eigenvalue weighted by molar-refractivity contribution is 5.80. The lowest BCUT2D eigenvalue weighted by atomic mass is 10.2.